The first kappa shape index (κ1) is 51.7. The summed E-state index contributed by atoms with van der Waals surface area (Å²) in [5.74, 6) is -4.79. The van der Waals surface area contributed by atoms with Gasteiger partial charge in [0.15, 0.2) is 0 Å². The molecule has 3 aromatic rings. The highest BCUT2D eigenvalue weighted by Gasteiger charge is 2.50. The molecule has 2 aliphatic rings. The van der Waals surface area contributed by atoms with Gasteiger partial charge in [0.25, 0.3) is 0 Å². The number of hydrogen-bond donors (Lipinski definition) is 11. The van der Waals surface area contributed by atoms with Crippen molar-refractivity contribution in [3.05, 3.63) is 95.1 Å². The van der Waals surface area contributed by atoms with Gasteiger partial charge in [-0.05, 0) is 85.2 Å². The number of carbonyl (C=O) groups excluding carboxylic acids is 8. The van der Waals surface area contributed by atoms with Crippen LogP contribution in [-0.4, -0.2) is 112 Å². The summed E-state index contributed by atoms with van der Waals surface area (Å²) in [5.41, 5.74) is 13.2. The van der Waals surface area contributed by atoms with Crippen molar-refractivity contribution in [1.82, 2.24) is 37.2 Å². The molecule has 1 heterocycles. The molecule has 13 N–H and O–H groups in total. The largest absolute Gasteiger partial charge is 0.508 e. The normalized spacial score (nSPS) is 21.0. The summed E-state index contributed by atoms with van der Waals surface area (Å²) < 4.78 is 0. The second-order valence-corrected chi connectivity index (χ2v) is 19.2. The van der Waals surface area contributed by atoms with Gasteiger partial charge in [-0.3, -0.25) is 38.4 Å². The van der Waals surface area contributed by atoms with Gasteiger partial charge in [-0.25, -0.2) is 0 Å². The number of primary amides is 1. The van der Waals surface area contributed by atoms with E-state index in [0.29, 0.717) is 48.9 Å². The molecule has 1 aliphatic heterocycles. The molecular formula is C46H59N9O10S2. The first-order valence-electron chi connectivity index (χ1n) is 21.9. The van der Waals surface area contributed by atoms with Crippen LogP contribution in [0.15, 0.2) is 72.8 Å². The molecule has 19 nitrogen and oxygen atoms in total. The van der Waals surface area contributed by atoms with Gasteiger partial charge in [0.05, 0.1) is 12.0 Å². The average Bonchev–Trinajstić information content (AvgIpc) is 4.10. The molecule has 8 amide bonds. The Balaban J connectivity index is 1.43. The van der Waals surface area contributed by atoms with Gasteiger partial charge in [-0.1, -0.05) is 70.1 Å². The van der Waals surface area contributed by atoms with Gasteiger partial charge in [0, 0.05) is 44.2 Å². The number of rotatable bonds is 15. The predicted molar refractivity (Wildman–Crippen MR) is 253 cm³/mol. The number of unbranched alkanes of at least 4 members (excludes halogenated alkanes) is 1. The van der Waals surface area contributed by atoms with Crippen LogP contribution in [0.1, 0.15) is 61.3 Å². The summed E-state index contributed by atoms with van der Waals surface area (Å²) in [5, 5.41) is 38.7. The van der Waals surface area contributed by atoms with Crippen LogP contribution in [0, 0.1) is 5.41 Å². The third-order valence-corrected chi connectivity index (χ3v) is 13.9. The lowest BCUT2D eigenvalue weighted by Crippen LogP contribution is -2.59. The molecule has 1 spiro atoms. The smallest absolute Gasteiger partial charge is 0.244 e. The molecule has 0 bridgehead atoms. The maximum absolute atomic E-state index is 14.4. The highest BCUT2D eigenvalue weighted by atomic mass is 33.1. The molecule has 67 heavy (non-hydrogen) atoms. The Labute approximate surface area is 396 Å². The molecule has 0 radical (unpaired) electrons. The van der Waals surface area contributed by atoms with Gasteiger partial charge in [0.1, 0.15) is 41.7 Å². The predicted octanol–water partition coefficient (Wildman–Crippen LogP) is 0.0915. The first-order chi connectivity index (χ1) is 32.0. The van der Waals surface area contributed by atoms with E-state index >= 15 is 0 Å². The monoisotopic (exact) mass is 961 g/mol. The molecule has 2 fully saturated rings. The number of nitrogens with two attached hydrogens (primary N) is 2. The minimum atomic E-state index is -1.27. The van der Waals surface area contributed by atoms with Gasteiger partial charge >= 0.3 is 0 Å². The maximum Gasteiger partial charge on any atom is 0.244 e. The van der Waals surface area contributed by atoms with Crippen molar-refractivity contribution in [3.63, 3.8) is 0 Å². The fourth-order valence-electron chi connectivity index (χ4n) is 7.10. The Morgan fingerprint density at radius 1 is 0.731 bits per heavy atom. The number of aromatic hydroxyl groups is 2. The van der Waals surface area contributed by atoms with E-state index in [9.17, 15) is 48.6 Å². The van der Waals surface area contributed by atoms with Crippen LogP contribution >= 0.6 is 21.6 Å². The van der Waals surface area contributed by atoms with E-state index in [0.717, 1.165) is 5.56 Å². The second-order valence-electron chi connectivity index (χ2n) is 16.7. The molecule has 5 rings (SSSR count). The molecule has 5 atom stereocenters. The number of benzene rings is 3. The Morgan fingerprint density at radius 3 is 1.85 bits per heavy atom. The van der Waals surface area contributed by atoms with Crippen LogP contribution in [0.3, 0.4) is 0 Å². The molecule has 1 saturated carbocycles. The summed E-state index contributed by atoms with van der Waals surface area (Å²) in [6, 6.07) is 13.1. The third-order valence-electron chi connectivity index (χ3n) is 11.3. The zero-order valence-electron chi connectivity index (χ0n) is 37.1. The molecule has 1 saturated heterocycles. The summed E-state index contributed by atoms with van der Waals surface area (Å²) in [6.07, 6.45) is 2.01. The molecule has 0 aromatic heterocycles. The van der Waals surface area contributed by atoms with Crippen LogP contribution in [-0.2, 0) is 64.2 Å². The van der Waals surface area contributed by atoms with Crippen molar-refractivity contribution in [2.24, 2.45) is 16.9 Å². The fraction of sp³-hybridized carbons (Fsp3) is 0.435. The topological polar surface area (TPSA) is 313 Å². The van der Waals surface area contributed by atoms with Crippen molar-refractivity contribution < 1.29 is 48.6 Å². The van der Waals surface area contributed by atoms with Crippen molar-refractivity contribution in [1.29, 1.82) is 0 Å². The number of amides is 8. The Kier molecular flexibility index (Phi) is 19.3. The summed E-state index contributed by atoms with van der Waals surface area (Å²) in [7, 11) is 2.48. The van der Waals surface area contributed by atoms with Crippen LogP contribution in [0.4, 0.5) is 0 Å². The van der Waals surface area contributed by atoms with Gasteiger partial charge in [-0.15, -0.1) is 0 Å². The van der Waals surface area contributed by atoms with Crippen molar-refractivity contribution in [2.45, 2.75) is 95.0 Å². The van der Waals surface area contributed by atoms with Crippen molar-refractivity contribution in [2.75, 3.05) is 24.6 Å². The minimum Gasteiger partial charge on any atom is -0.508 e. The Hall–Kier alpha value is -6.32. The quantitative estimate of drug-likeness (QED) is 0.0712. The molecule has 1 aliphatic carbocycles. The molecule has 3 aromatic carbocycles. The second kappa shape index (κ2) is 25.0. The molecule has 360 valence electrons. The fourth-order valence-corrected chi connectivity index (χ4v) is 9.92. The number of nitrogens with one attached hydrogen (secondary N) is 7. The van der Waals surface area contributed by atoms with Crippen molar-refractivity contribution >= 4 is 68.8 Å². The lowest BCUT2D eigenvalue weighted by molar-refractivity contribution is -0.135. The van der Waals surface area contributed by atoms with Gasteiger partial charge in [-0.2, -0.15) is 0 Å². The summed E-state index contributed by atoms with van der Waals surface area (Å²) >= 11 is 0. The highest BCUT2D eigenvalue weighted by Crippen LogP contribution is 2.50. The zero-order chi connectivity index (χ0) is 48.5. The van der Waals surface area contributed by atoms with Gasteiger partial charge < -0.3 is 58.9 Å². The molecule has 0 unspecified atom stereocenters. The lowest BCUT2D eigenvalue weighted by Gasteiger charge is -2.27. The Morgan fingerprint density at radius 2 is 1.28 bits per heavy atom. The van der Waals surface area contributed by atoms with E-state index < -0.39 is 83.5 Å². The average molecular weight is 962 g/mol. The summed E-state index contributed by atoms with van der Waals surface area (Å²) in [6.45, 7) is 1.39. The number of phenols is 2. The van der Waals surface area contributed by atoms with Crippen LogP contribution in [0.25, 0.3) is 0 Å². The van der Waals surface area contributed by atoms with E-state index in [1.54, 1.807) is 48.5 Å². The highest BCUT2D eigenvalue weighted by molar-refractivity contribution is 8.76. The van der Waals surface area contributed by atoms with Crippen molar-refractivity contribution in [3.8, 4) is 11.5 Å². The standard InChI is InChI=1S/C46H59N9O10S2/c1-27(56)49-23-31-7-5-28(6-8-31)21-36-42(62)52-34(4-2-3-19-47)41(61)50-24-39(59)51-38(44(64)53-35(40(48)60)20-29-9-13-32(57)14-10-29)25-66-67-26-46(17-18-46)45(65)55-37(43(63)54-36)22-30-11-15-33(58)16-12-30/h5-16,34-38,57-58H,2-4,17-26,47H2,1H3,(H2,48,60)(H,49,56)(H,50,61)(H,51,59)(H,52,62)(H,53,64)(H,54,63)(H,55,65)/t34-,35+,36+,37-,38-/m0/s1. The van der Waals surface area contributed by atoms with E-state index in [4.69, 9.17) is 11.5 Å². The number of phenolic OH excluding ortho intramolecular Hbond substituents is 2. The van der Waals surface area contributed by atoms with Gasteiger partial charge in [0.2, 0.25) is 47.3 Å². The first-order valence-corrected chi connectivity index (χ1v) is 24.4. The van der Waals surface area contributed by atoms with E-state index in [1.165, 1.54) is 52.8 Å². The Bertz CT molecular complexity index is 2230. The number of carbonyl (C=O) groups is 8. The van der Waals surface area contributed by atoms with E-state index in [-0.39, 0.29) is 61.1 Å². The lowest BCUT2D eigenvalue weighted by atomic mass is 10.00. The van der Waals surface area contributed by atoms with E-state index in [2.05, 4.69) is 37.2 Å². The maximum atomic E-state index is 14.4. The van der Waals surface area contributed by atoms with Crippen LogP contribution < -0.4 is 48.7 Å². The zero-order valence-corrected chi connectivity index (χ0v) is 38.8. The third kappa shape index (κ3) is 16.5. The molecular weight excluding hydrogens is 903 g/mol. The SMILES string of the molecule is CC(=O)NCc1ccc(C[C@H]2NC(=O)[C@H](Cc3ccc(O)cc3)NC(=O)C3(CC3)CSSC[C@@H](C(=O)N[C@H](Cc3ccc(O)cc3)C(N)=O)NC(=O)CNC(=O)[C@H](CCCCN)NC2=O)cc1. The minimum absolute atomic E-state index is 0.00165. The van der Waals surface area contributed by atoms with Crippen LogP contribution in [0.2, 0.25) is 0 Å². The van der Waals surface area contributed by atoms with E-state index in [1.807, 2.05) is 0 Å². The number of hydrogen-bond acceptors (Lipinski definition) is 13. The molecule has 21 heteroatoms. The summed E-state index contributed by atoms with van der Waals surface area (Å²) in [4.78, 5) is 108. The van der Waals surface area contributed by atoms with Crippen LogP contribution in [0.5, 0.6) is 11.5 Å².